The van der Waals surface area contributed by atoms with Crippen molar-refractivity contribution < 1.29 is 19.0 Å². The second kappa shape index (κ2) is 13.8. The number of carbonyl (C=O) groups excluding carboxylic acids is 1. The number of ether oxygens (including phenoxy) is 3. The molecule has 1 amide bonds. The minimum atomic E-state index is -1.20. The Hall–Kier alpha value is -1.23. The first-order valence-corrected chi connectivity index (χ1v) is 22.9. The summed E-state index contributed by atoms with van der Waals surface area (Å²) in [6.45, 7) is 23.6. The summed E-state index contributed by atoms with van der Waals surface area (Å²) in [6, 6.07) is 4.38. The van der Waals surface area contributed by atoms with Crippen molar-refractivity contribution in [1.82, 2.24) is 19.5 Å². The number of anilines is 1. The number of piperidine rings is 1. The Morgan fingerprint density at radius 3 is 2.08 bits per heavy atom. The van der Waals surface area contributed by atoms with Gasteiger partial charge in [-0.3, -0.25) is 0 Å². The molecule has 1 aliphatic heterocycles. The van der Waals surface area contributed by atoms with Gasteiger partial charge in [0.25, 0.3) is 0 Å². The standard InChI is InChI=1S/C28H50IN5O4Si2/c1-28(2,3)38-27(35)32-12-10-22(11-13-32)24-18-25(34-26(31-24)23(29)19-30-34)33(20-36-14-16-39(4,5)6)21-37-15-17-40(7,8)9/h18-19,22H,10-17,20-21H2,1-9H3. The minimum absolute atomic E-state index is 0.238. The number of carbonyl (C=O) groups is 1. The van der Waals surface area contributed by atoms with Crippen molar-refractivity contribution in [1.29, 1.82) is 0 Å². The monoisotopic (exact) mass is 703 g/mol. The highest BCUT2D eigenvalue weighted by atomic mass is 127. The molecule has 0 saturated carbocycles. The third-order valence-corrected chi connectivity index (χ3v) is 11.0. The number of fused-ring (bicyclic) bond motifs is 1. The van der Waals surface area contributed by atoms with Crippen LogP contribution in [0.1, 0.15) is 45.2 Å². The van der Waals surface area contributed by atoms with Gasteiger partial charge in [0.2, 0.25) is 0 Å². The number of likely N-dealkylation sites (tertiary alicyclic amines) is 1. The van der Waals surface area contributed by atoms with Gasteiger partial charge in [0, 0.05) is 60.1 Å². The lowest BCUT2D eigenvalue weighted by atomic mass is 9.93. The first-order chi connectivity index (χ1) is 18.5. The Labute approximate surface area is 256 Å². The van der Waals surface area contributed by atoms with Crippen LogP contribution in [0.5, 0.6) is 0 Å². The maximum atomic E-state index is 12.6. The van der Waals surface area contributed by atoms with Crippen LogP contribution < -0.4 is 4.90 Å². The molecule has 9 nitrogen and oxygen atoms in total. The fourth-order valence-corrected chi connectivity index (χ4v) is 6.32. The van der Waals surface area contributed by atoms with Crippen molar-refractivity contribution in [3.05, 3.63) is 21.5 Å². The molecule has 1 saturated heterocycles. The van der Waals surface area contributed by atoms with E-state index in [4.69, 9.17) is 19.2 Å². The van der Waals surface area contributed by atoms with E-state index in [0.717, 1.165) is 58.9 Å². The molecular weight excluding hydrogens is 653 g/mol. The Balaban J connectivity index is 1.81. The van der Waals surface area contributed by atoms with Crippen LogP contribution in [0.25, 0.3) is 5.65 Å². The van der Waals surface area contributed by atoms with Gasteiger partial charge in [0.05, 0.1) is 9.77 Å². The van der Waals surface area contributed by atoms with Crippen LogP contribution in [0, 0.1) is 3.57 Å². The number of hydrogen-bond acceptors (Lipinski definition) is 7. The van der Waals surface area contributed by atoms with E-state index in [2.05, 4.69) is 77.9 Å². The summed E-state index contributed by atoms with van der Waals surface area (Å²) in [5.74, 6) is 1.18. The van der Waals surface area contributed by atoms with Gasteiger partial charge in [0.1, 0.15) is 24.9 Å². The zero-order valence-corrected chi connectivity index (χ0v) is 30.2. The minimum Gasteiger partial charge on any atom is -0.444 e. The molecule has 226 valence electrons. The van der Waals surface area contributed by atoms with Crippen molar-refractivity contribution in [2.45, 2.75) is 96.5 Å². The smallest absolute Gasteiger partial charge is 0.410 e. The molecule has 2 aromatic heterocycles. The van der Waals surface area contributed by atoms with Gasteiger partial charge in [-0.05, 0) is 68.3 Å². The molecule has 1 aliphatic rings. The van der Waals surface area contributed by atoms with Gasteiger partial charge >= 0.3 is 6.09 Å². The lowest BCUT2D eigenvalue weighted by Gasteiger charge is -2.33. The average Bonchev–Trinajstić information content (AvgIpc) is 3.21. The van der Waals surface area contributed by atoms with Gasteiger partial charge in [-0.25, -0.2) is 9.78 Å². The van der Waals surface area contributed by atoms with Gasteiger partial charge in [-0.2, -0.15) is 9.61 Å². The lowest BCUT2D eigenvalue weighted by Crippen LogP contribution is -2.41. The van der Waals surface area contributed by atoms with Crippen LogP contribution in [0.3, 0.4) is 0 Å². The molecule has 1 fully saturated rings. The molecule has 40 heavy (non-hydrogen) atoms. The van der Waals surface area contributed by atoms with E-state index < -0.39 is 21.7 Å². The fraction of sp³-hybridized carbons (Fsp3) is 0.750. The van der Waals surface area contributed by atoms with E-state index >= 15 is 0 Å². The van der Waals surface area contributed by atoms with Crippen molar-refractivity contribution in [2.75, 3.05) is 44.7 Å². The van der Waals surface area contributed by atoms with E-state index in [9.17, 15) is 4.79 Å². The highest BCUT2D eigenvalue weighted by Gasteiger charge is 2.29. The third-order valence-electron chi connectivity index (χ3n) is 6.81. The van der Waals surface area contributed by atoms with E-state index in [1.54, 1.807) is 0 Å². The summed E-state index contributed by atoms with van der Waals surface area (Å²) >= 11 is 2.30. The van der Waals surface area contributed by atoms with Crippen molar-refractivity contribution in [3.8, 4) is 0 Å². The first-order valence-electron chi connectivity index (χ1n) is 14.4. The van der Waals surface area contributed by atoms with Crippen LogP contribution in [0.2, 0.25) is 51.4 Å². The van der Waals surface area contributed by atoms with E-state index in [-0.39, 0.29) is 12.0 Å². The molecule has 0 N–H and O–H groups in total. The predicted octanol–water partition coefficient (Wildman–Crippen LogP) is 6.88. The Morgan fingerprint density at radius 1 is 1.02 bits per heavy atom. The van der Waals surface area contributed by atoms with E-state index in [0.29, 0.717) is 26.6 Å². The first kappa shape index (κ1) is 33.3. The van der Waals surface area contributed by atoms with Crippen molar-refractivity contribution >= 4 is 56.3 Å². The van der Waals surface area contributed by atoms with Crippen LogP contribution in [0.15, 0.2) is 12.3 Å². The van der Waals surface area contributed by atoms with E-state index in [1.165, 1.54) is 0 Å². The summed E-state index contributed by atoms with van der Waals surface area (Å²) in [4.78, 5) is 21.6. The molecule has 0 aliphatic carbocycles. The number of amides is 1. The summed E-state index contributed by atoms with van der Waals surface area (Å²) in [7, 11) is -2.39. The van der Waals surface area contributed by atoms with Crippen LogP contribution in [0.4, 0.5) is 10.6 Å². The zero-order chi connectivity index (χ0) is 29.7. The summed E-state index contributed by atoms with van der Waals surface area (Å²) in [6.07, 6.45) is 3.30. The highest BCUT2D eigenvalue weighted by Crippen LogP contribution is 2.31. The summed E-state index contributed by atoms with van der Waals surface area (Å²) < 4.78 is 20.9. The van der Waals surface area contributed by atoms with Crippen LogP contribution in [-0.2, 0) is 14.2 Å². The normalized spacial score (nSPS) is 15.6. The molecule has 0 unspecified atom stereocenters. The summed E-state index contributed by atoms with van der Waals surface area (Å²) in [5.41, 5.74) is 1.38. The second-order valence-electron chi connectivity index (χ2n) is 14.2. The molecule has 0 radical (unpaired) electrons. The maximum Gasteiger partial charge on any atom is 0.410 e. The van der Waals surface area contributed by atoms with Gasteiger partial charge in [-0.1, -0.05) is 39.3 Å². The van der Waals surface area contributed by atoms with E-state index in [1.807, 2.05) is 36.4 Å². The number of hydrogen-bond donors (Lipinski definition) is 0. The molecule has 0 bridgehead atoms. The molecule has 0 spiro atoms. The largest absolute Gasteiger partial charge is 0.444 e. The molecule has 0 aromatic carbocycles. The Kier molecular flexibility index (Phi) is 11.5. The second-order valence-corrected chi connectivity index (χ2v) is 26.6. The fourth-order valence-electron chi connectivity index (χ4n) is 4.33. The van der Waals surface area contributed by atoms with Gasteiger partial charge in [0.15, 0.2) is 5.65 Å². The SMILES string of the molecule is CC(C)(C)OC(=O)N1CCC(c2cc(N(COCC[Si](C)(C)C)COCC[Si](C)(C)C)n3ncc(I)c3n2)CC1. The number of aromatic nitrogens is 3. The summed E-state index contributed by atoms with van der Waals surface area (Å²) in [5, 5.41) is 4.67. The van der Waals surface area contributed by atoms with Crippen molar-refractivity contribution in [3.63, 3.8) is 0 Å². The Morgan fingerprint density at radius 2 is 1.57 bits per heavy atom. The van der Waals surface area contributed by atoms with Crippen LogP contribution in [-0.4, -0.2) is 87.1 Å². The predicted molar refractivity (Wildman–Crippen MR) is 176 cm³/mol. The average molecular weight is 704 g/mol. The zero-order valence-electron chi connectivity index (χ0n) is 26.1. The molecule has 0 atom stereocenters. The highest BCUT2D eigenvalue weighted by molar-refractivity contribution is 14.1. The molecule has 3 rings (SSSR count). The maximum absolute atomic E-state index is 12.6. The van der Waals surface area contributed by atoms with Crippen LogP contribution >= 0.6 is 22.6 Å². The Bertz CT molecular complexity index is 1100. The van der Waals surface area contributed by atoms with Gasteiger partial charge < -0.3 is 24.0 Å². The molecule has 3 heterocycles. The van der Waals surface area contributed by atoms with Gasteiger partial charge in [-0.15, -0.1) is 0 Å². The third kappa shape index (κ3) is 10.6. The van der Waals surface area contributed by atoms with Crippen molar-refractivity contribution in [2.24, 2.45) is 0 Å². The molecule has 2 aromatic rings. The molecular formula is C28H50IN5O4Si2. The topological polar surface area (TPSA) is 81.4 Å². The lowest BCUT2D eigenvalue weighted by molar-refractivity contribution is 0.0204. The number of halogens is 1. The quantitative estimate of drug-likeness (QED) is 0.103. The number of nitrogens with zero attached hydrogens (tertiary/aromatic N) is 5. The number of rotatable bonds is 12. The molecule has 12 heteroatoms.